The minimum Gasteiger partial charge on any atom is -0.617 e. The fourth-order valence-corrected chi connectivity index (χ4v) is 0.752. The van der Waals surface area contributed by atoms with Crippen LogP contribution in [-0.2, 0) is 11.2 Å². The molecule has 2 aromatic heterocycles. The molecule has 0 radical (unpaired) electrons. The van der Waals surface area contributed by atoms with E-state index in [2.05, 4.69) is 20.2 Å². The van der Waals surface area contributed by atoms with Gasteiger partial charge in [0.1, 0.15) is 11.7 Å². The maximum absolute atomic E-state index is 9.56. The van der Waals surface area contributed by atoms with Crippen LogP contribution in [0, 0.1) is 0 Å². The van der Waals surface area contributed by atoms with Crippen molar-refractivity contribution in [3.63, 3.8) is 0 Å². The first-order chi connectivity index (χ1) is 6.61. The maximum Gasteiger partial charge on any atom is 0.225 e. The Morgan fingerprint density at radius 1 is 1.43 bits per heavy atom. The molecule has 2 heterocycles. The Kier molecular flexibility index (Phi) is 3.66. The summed E-state index contributed by atoms with van der Waals surface area (Å²) in [5.74, 6) is -0.0428. The highest BCUT2D eigenvalue weighted by Gasteiger charge is 2.00. The quantitative estimate of drug-likeness (QED) is 0.604. The van der Waals surface area contributed by atoms with Gasteiger partial charge >= 0.3 is 0 Å². The van der Waals surface area contributed by atoms with Crippen LogP contribution < -0.4 is 0 Å². The summed E-state index contributed by atoms with van der Waals surface area (Å²) < 4.78 is 9.56. The largest absolute Gasteiger partial charge is 0.617 e. The van der Waals surface area contributed by atoms with Crippen molar-refractivity contribution in [2.24, 2.45) is 0 Å². The van der Waals surface area contributed by atoms with Gasteiger partial charge in [-0.2, -0.15) is 5.10 Å². The van der Waals surface area contributed by atoms with Crippen molar-refractivity contribution in [2.75, 3.05) is 12.5 Å². The molecule has 0 atom stereocenters. The Morgan fingerprint density at radius 3 is 2.64 bits per heavy atom. The van der Waals surface area contributed by atoms with Crippen LogP contribution in [0.3, 0.4) is 0 Å². The average molecular weight is 214 g/mol. The minimum absolute atomic E-state index is 0.0428. The van der Waals surface area contributed by atoms with E-state index >= 15 is 0 Å². The summed E-state index contributed by atoms with van der Waals surface area (Å²) in [5, 5.41) is 15.9. The predicted molar refractivity (Wildman–Crippen MR) is 53.3 cm³/mol. The Balaban J connectivity index is 0.000000213. The number of nitrogens with zero attached hydrogens (tertiary/aromatic N) is 3. The van der Waals surface area contributed by atoms with E-state index in [0.29, 0.717) is 11.0 Å². The third-order valence-electron chi connectivity index (χ3n) is 1.23. The summed E-state index contributed by atoms with van der Waals surface area (Å²) in [4.78, 5) is 7.38. The van der Waals surface area contributed by atoms with Gasteiger partial charge in [-0.25, -0.2) is 9.97 Å². The standard InChI is InChI=1S/C5H4N4O.C2H6OS/c10-5-3-1-8-9-4(3)6-2-7-5;1-4(2)3/h1-2H,(H2,6,7,8,9,10);1-2H3. The highest BCUT2D eigenvalue weighted by Crippen LogP contribution is 2.15. The van der Waals surface area contributed by atoms with Gasteiger partial charge in [-0.3, -0.25) is 5.10 Å². The van der Waals surface area contributed by atoms with Gasteiger partial charge in [0.2, 0.25) is 5.88 Å². The second kappa shape index (κ2) is 4.77. The molecule has 0 aliphatic heterocycles. The molecular weight excluding hydrogens is 204 g/mol. The van der Waals surface area contributed by atoms with Gasteiger partial charge < -0.3 is 9.66 Å². The molecule has 0 bridgehead atoms. The molecule has 0 unspecified atom stereocenters. The van der Waals surface area contributed by atoms with Crippen molar-refractivity contribution < 1.29 is 9.66 Å². The number of aromatic nitrogens is 4. The van der Waals surface area contributed by atoms with Gasteiger partial charge in [-0.05, 0) is 0 Å². The van der Waals surface area contributed by atoms with E-state index in [4.69, 9.17) is 5.11 Å². The molecule has 2 rings (SSSR count). The first-order valence-electron chi connectivity index (χ1n) is 3.69. The number of H-pyrrole nitrogens is 1. The summed E-state index contributed by atoms with van der Waals surface area (Å²) >= 11 is -0.611. The van der Waals surface area contributed by atoms with E-state index in [9.17, 15) is 4.55 Å². The molecule has 0 spiro atoms. The van der Waals surface area contributed by atoms with Gasteiger partial charge in [-0.15, -0.1) is 0 Å². The van der Waals surface area contributed by atoms with Crippen LogP contribution in [0.5, 0.6) is 5.88 Å². The van der Waals surface area contributed by atoms with Crippen LogP contribution in [0.4, 0.5) is 0 Å². The molecule has 0 aliphatic carbocycles. The smallest absolute Gasteiger partial charge is 0.225 e. The topological polar surface area (TPSA) is 97.7 Å². The number of fused-ring (bicyclic) bond motifs is 1. The number of hydrogen-bond acceptors (Lipinski definition) is 5. The van der Waals surface area contributed by atoms with Crippen LogP contribution in [0.25, 0.3) is 11.0 Å². The molecule has 6 nitrogen and oxygen atoms in total. The summed E-state index contributed by atoms with van der Waals surface area (Å²) in [6.45, 7) is 0. The molecular formula is C7H10N4O2S. The Hall–Kier alpha value is -1.34. The van der Waals surface area contributed by atoms with E-state index in [1.165, 1.54) is 12.5 Å². The monoisotopic (exact) mass is 214 g/mol. The number of rotatable bonds is 0. The molecule has 0 fully saturated rings. The van der Waals surface area contributed by atoms with Crippen molar-refractivity contribution in [3.8, 4) is 5.88 Å². The molecule has 14 heavy (non-hydrogen) atoms. The van der Waals surface area contributed by atoms with Gasteiger partial charge in [0.25, 0.3) is 0 Å². The van der Waals surface area contributed by atoms with E-state index in [-0.39, 0.29) is 5.88 Å². The van der Waals surface area contributed by atoms with Crippen molar-refractivity contribution >= 4 is 22.2 Å². The first kappa shape index (κ1) is 10.7. The van der Waals surface area contributed by atoms with Gasteiger partial charge in [-0.1, -0.05) is 11.2 Å². The maximum atomic E-state index is 9.56. The molecule has 0 saturated heterocycles. The van der Waals surface area contributed by atoms with Crippen LogP contribution >= 0.6 is 0 Å². The lowest BCUT2D eigenvalue weighted by Crippen LogP contribution is -1.86. The van der Waals surface area contributed by atoms with Crippen molar-refractivity contribution in [3.05, 3.63) is 12.5 Å². The lowest BCUT2D eigenvalue weighted by molar-refractivity contribution is 0.459. The third-order valence-corrected chi connectivity index (χ3v) is 1.23. The van der Waals surface area contributed by atoms with Crippen LogP contribution in [0.2, 0.25) is 0 Å². The summed E-state index contributed by atoms with van der Waals surface area (Å²) in [6.07, 6.45) is 6.03. The molecule has 0 saturated carbocycles. The third kappa shape index (κ3) is 2.86. The zero-order valence-electron chi connectivity index (χ0n) is 7.76. The fraction of sp³-hybridized carbons (Fsp3) is 0.286. The van der Waals surface area contributed by atoms with Crippen molar-refractivity contribution in [2.45, 2.75) is 0 Å². The lowest BCUT2D eigenvalue weighted by atomic mass is 10.4. The van der Waals surface area contributed by atoms with Crippen molar-refractivity contribution in [1.29, 1.82) is 0 Å². The SMILES string of the molecule is C[S+](C)[O-].Oc1ncnc2[nH]ncc12. The lowest BCUT2D eigenvalue weighted by Gasteiger charge is -1.87. The number of nitrogens with one attached hydrogen (secondary N) is 1. The zero-order valence-corrected chi connectivity index (χ0v) is 8.58. The number of aromatic hydroxyl groups is 1. The van der Waals surface area contributed by atoms with Crippen LogP contribution in [-0.4, -0.2) is 42.3 Å². The van der Waals surface area contributed by atoms with Crippen LogP contribution in [0.1, 0.15) is 0 Å². The summed E-state index contributed by atoms with van der Waals surface area (Å²) in [6, 6.07) is 0. The first-order valence-corrected chi connectivity index (χ1v) is 5.66. The van der Waals surface area contributed by atoms with Gasteiger partial charge in [0.05, 0.1) is 18.7 Å². The molecule has 0 aliphatic rings. The highest BCUT2D eigenvalue weighted by molar-refractivity contribution is 7.89. The molecule has 2 N–H and O–H groups in total. The van der Waals surface area contributed by atoms with E-state index in [1.807, 2.05) is 0 Å². The van der Waals surface area contributed by atoms with E-state index < -0.39 is 11.2 Å². The van der Waals surface area contributed by atoms with Gasteiger partial charge in [0.15, 0.2) is 5.65 Å². The summed E-state index contributed by atoms with van der Waals surface area (Å²) in [7, 11) is 0. The van der Waals surface area contributed by atoms with Gasteiger partial charge in [0, 0.05) is 0 Å². The zero-order chi connectivity index (χ0) is 10.6. The normalized spacial score (nSPS) is 10.0. The molecule has 0 amide bonds. The highest BCUT2D eigenvalue weighted by atomic mass is 32.2. The van der Waals surface area contributed by atoms with Crippen LogP contribution in [0.15, 0.2) is 12.5 Å². The molecule has 76 valence electrons. The van der Waals surface area contributed by atoms with Crippen molar-refractivity contribution in [1.82, 2.24) is 20.2 Å². The van der Waals surface area contributed by atoms with E-state index in [1.54, 1.807) is 12.5 Å². The Bertz CT molecular complexity index is 400. The predicted octanol–water partition coefficient (Wildman–Crippen LogP) is 0.0532. The summed E-state index contributed by atoms with van der Waals surface area (Å²) in [5.41, 5.74) is 0.549. The molecule has 7 heteroatoms. The Morgan fingerprint density at radius 2 is 2.07 bits per heavy atom. The number of hydrogen-bond donors (Lipinski definition) is 2. The fourth-order valence-electron chi connectivity index (χ4n) is 0.752. The van der Waals surface area contributed by atoms with E-state index in [0.717, 1.165) is 0 Å². The average Bonchev–Trinajstić information content (AvgIpc) is 2.52. The minimum atomic E-state index is -0.611. The second-order valence-corrected chi connectivity index (χ2v) is 4.05. The molecule has 2 aromatic rings. The Labute approximate surface area is 83.6 Å². The molecule has 0 aromatic carbocycles. The number of aromatic amines is 1. The second-order valence-electron chi connectivity index (χ2n) is 2.57.